The van der Waals surface area contributed by atoms with Gasteiger partial charge in [-0.3, -0.25) is 4.79 Å². The Bertz CT molecular complexity index is 845. The van der Waals surface area contributed by atoms with Gasteiger partial charge in [0.15, 0.2) is 0 Å². The molecule has 5 heteroatoms. The Labute approximate surface area is 151 Å². The predicted octanol–water partition coefficient (Wildman–Crippen LogP) is 4.42. The predicted molar refractivity (Wildman–Crippen MR) is 102 cm³/mol. The maximum atomic E-state index is 12.9. The van der Waals surface area contributed by atoms with Crippen LogP contribution in [0.3, 0.4) is 0 Å². The Morgan fingerprint density at radius 1 is 1.20 bits per heavy atom. The van der Waals surface area contributed by atoms with Crippen molar-refractivity contribution in [1.82, 2.24) is 5.32 Å². The van der Waals surface area contributed by atoms with Gasteiger partial charge in [-0.05, 0) is 46.2 Å². The quantitative estimate of drug-likeness (QED) is 0.682. The molecule has 0 aliphatic carbocycles. The van der Waals surface area contributed by atoms with Crippen molar-refractivity contribution in [1.29, 1.82) is 0 Å². The van der Waals surface area contributed by atoms with E-state index in [9.17, 15) is 4.79 Å². The van der Waals surface area contributed by atoms with Crippen LogP contribution in [0.25, 0.3) is 10.8 Å². The topological polar surface area (TPSA) is 47.6 Å². The van der Waals surface area contributed by atoms with E-state index in [2.05, 4.69) is 5.32 Å². The minimum atomic E-state index is -0.166. The van der Waals surface area contributed by atoms with Crippen molar-refractivity contribution >= 4 is 28.0 Å². The van der Waals surface area contributed by atoms with E-state index in [0.29, 0.717) is 24.5 Å². The third-order valence-electron chi connectivity index (χ3n) is 4.07. The van der Waals surface area contributed by atoms with Gasteiger partial charge in [0.2, 0.25) is 0 Å². The van der Waals surface area contributed by atoms with E-state index in [4.69, 9.17) is 9.47 Å². The third kappa shape index (κ3) is 3.83. The van der Waals surface area contributed by atoms with Gasteiger partial charge in [0.1, 0.15) is 11.9 Å². The molecule has 0 unspecified atom stereocenters. The fourth-order valence-corrected chi connectivity index (χ4v) is 3.53. The first-order chi connectivity index (χ1) is 12.2. The first-order valence-corrected chi connectivity index (χ1v) is 9.16. The summed E-state index contributed by atoms with van der Waals surface area (Å²) in [7, 11) is 1.65. The summed E-state index contributed by atoms with van der Waals surface area (Å²) in [5, 5.41) is 8.92. The molecule has 1 heterocycles. The van der Waals surface area contributed by atoms with Gasteiger partial charge in [-0.25, -0.2) is 0 Å². The van der Waals surface area contributed by atoms with Gasteiger partial charge in [0.05, 0.1) is 12.2 Å². The molecule has 1 amide bonds. The summed E-state index contributed by atoms with van der Waals surface area (Å²) in [6.45, 7) is 2.82. The number of carbonyl (C=O) groups is 1. The van der Waals surface area contributed by atoms with Gasteiger partial charge in [-0.2, -0.15) is 11.3 Å². The van der Waals surface area contributed by atoms with E-state index in [0.717, 1.165) is 16.3 Å². The number of rotatable bonds is 7. The van der Waals surface area contributed by atoms with Crippen LogP contribution in [0.1, 0.15) is 28.9 Å². The number of hydrogen-bond donors (Lipinski definition) is 1. The Morgan fingerprint density at radius 3 is 2.76 bits per heavy atom. The summed E-state index contributed by atoms with van der Waals surface area (Å²) in [4.78, 5) is 12.9. The molecule has 0 aliphatic heterocycles. The van der Waals surface area contributed by atoms with Gasteiger partial charge < -0.3 is 14.8 Å². The molecule has 0 saturated heterocycles. The molecule has 2 aromatic carbocycles. The number of hydrogen-bond acceptors (Lipinski definition) is 4. The molecule has 0 aliphatic rings. The molecule has 1 N–H and O–H groups in total. The molecule has 0 radical (unpaired) electrons. The van der Waals surface area contributed by atoms with Crippen molar-refractivity contribution in [3.05, 3.63) is 64.4 Å². The first-order valence-electron chi connectivity index (χ1n) is 8.22. The number of ether oxygens (including phenoxy) is 2. The minimum absolute atomic E-state index is 0.155. The number of carbonyl (C=O) groups excluding carboxylic acids is 1. The van der Waals surface area contributed by atoms with Gasteiger partial charge >= 0.3 is 0 Å². The Kier molecular flexibility index (Phi) is 5.68. The molecule has 3 aromatic rings. The molecule has 130 valence electrons. The average molecular weight is 355 g/mol. The van der Waals surface area contributed by atoms with Crippen LogP contribution in [0.2, 0.25) is 0 Å². The highest BCUT2D eigenvalue weighted by atomic mass is 32.1. The van der Waals surface area contributed by atoms with Crippen LogP contribution in [0, 0.1) is 0 Å². The molecule has 0 spiro atoms. The maximum absolute atomic E-state index is 12.9. The van der Waals surface area contributed by atoms with Crippen molar-refractivity contribution < 1.29 is 14.3 Å². The van der Waals surface area contributed by atoms with Crippen LogP contribution < -0.4 is 10.1 Å². The van der Waals surface area contributed by atoms with Crippen LogP contribution in [-0.2, 0) is 4.74 Å². The second-order valence-electron chi connectivity index (χ2n) is 5.58. The summed E-state index contributed by atoms with van der Waals surface area (Å²) < 4.78 is 11.2. The normalized spacial score (nSPS) is 12.1. The van der Waals surface area contributed by atoms with E-state index < -0.39 is 0 Å². The highest BCUT2D eigenvalue weighted by Gasteiger charge is 2.19. The van der Waals surface area contributed by atoms with Crippen molar-refractivity contribution in [2.45, 2.75) is 13.0 Å². The van der Waals surface area contributed by atoms with Crippen molar-refractivity contribution in [2.75, 3.05) is 20.3 Å². The molecular weight excluding hydrogens is 334 g/mol. The summed E-state index contributed by atoms with van der Waals surface area (Å²) >= 11 is 1.61. The molecule has 3 rings (SSSR count). The Hall–Kier alpha value is -2.37. The van der Waals surface area contributed by atoms with Gasteiger partial charge in [0, 0.05) is 13.7 Å². The monoisotopic (exact) mass is 355 g/mol. The first kappa shape index (κ1) is 17.5. The molecule has 0 saturated carbocycles. The lowest BCUT2D eigenvalue weighted by Gasteiger charge is -2.17. The van der Waals surface area contributed by atoms with Crippen LogP contribution in [0.4, 0.5) is 0 Å². The van der Waals surface area contributed by atoms with Crippen LogP contribution >= 0.6 is 11.3 Å². The number of fused-ring (bicyclic) bond motifs is 1. The van der Waals surface area contributed by atoms with E-state index in [-0.39, 0.29) is 12.0 Å². The Morgan fingerprint density at radius 2 is 2.04 bits per heavy atom. The van der Waals surface area contributed by atoms with Gasteiger partial charge in [0.25, 0.3) is 5.91 Å². The van der Waals surface area contributed by atoms with Crippen molar-refractivity contribution in [3.8, 4) is 5.75 Å². The highest BCUT2D eigenvalue weighted by Crippen LogP contribution is 2.28. The lowest BCUT2D eigenvalue weighted by molar-refractivity contribution is 0.0828. The highest BCUT2D eigenvalue weighted by molar-refractivity contribution is 7.07. The largest absolute Gasteiger partial charge is 0.493 e. The number of thiophene rings is 1. The van der Waals surface area contributed by atoms with Crippen LogP contribution in [0.5, 0.6) is 5.75 Å². The minimum Gasteiger partial charge on any atom is -0.493 e. The molecule has 1 aromatic heterocycles. The zero-order valence-corrected chi connectivity index (χ0v) is 15.1. The zero-order chi connectivity index (χ0) is 17.6. The lowest BCUT2D eigenvalue weighted by atomic mass is 10.0. The standard InChI is InChI=1S/C20H21NO3S/c1-3-24-17-9-8-14-6-4-5-7-16(14)19(17)20(22)21-12-18(23-2)15-10-11-25-13-15/h4-11,13,18H,3,12H2,1-2H3,(H,21,22)/t18-/m1/s1. The summed E-state index contributed by atoms with van der Waals surface area (Å²) in [6.07, 6.45) is -0.166. The van der Waals surface area contributed by atoms with Crippen molar-refractivity contribution in [2.24, 2.45) is 0 Å². The SMILES string of the molecule is CCOc1ccc2ccccc2c1C(=O)NC[C@@H](OC)c1ccsc1. The molecule has 0 fully saturated rings. The zero-order valence-electron chi connectivity index (χ0n) is 14.3. The maximum Gasteiger partial charge on any atom is 0.255 e. The molecule has 1 atom stereocenters. The van der Waals surface area contributed by atoms with Gasteiger partial charge in [-0.1, -0.05) is 30.3 Å². The molecule has 4 nitrogen and oxygen atoms in total. The summed E-state index contributed by atoms with van der Waals surface area (Å²) in [6, 6.07) is 13.7. The van der Waals surface area contributed by atoms with Crippen molar-refractivity contribution in [3.63, 3.8) is 0 Å². The summed E-state index contributed by atoms with van der Waals surface area (Å²) in [5.41, 5.74) is 1.64. The fraction of sp³-hybridized carbons (Fsp3) is 0.250. The molecular formula is C20H21NO3S. The molecule has 25 heavy (non-hydrogen) atoms. The van der Waals surface area contributed by atoms with Crippen LogP contribution in [0.15, 0.2) is 53.2 Å². The van der Waals surface area contributed by atoms with E-state index in [1.807, 2.05) is 60.1 Å². The summed E-state index contributed by atoms with van der Waals surface area (Å²) in [5.74, 6) is 0.445. The van der Waals surface area contributed by atoms with E-state index >= 15 is 0 Å². The number of nitrogens with one attached hydrogen (secondary N) is 1. The fourth-order valence-electron chi connectivity index (χ4n) is 2.83. The lowest BCUT2D eigenvalue weighted by Crippen LogP contribution is -2.29. The smallest absolute Gasteiger partial charge is 0.255 e. The number of amides is 1. The third-order valence-corrected chi connectivity index (χ3v) is 4.77. The van der Waals surface area contributed by atoms with E-state index in [1.165, 1.54) is 0 Å². The molecule has 0 bridgehead atoms. The second kappa shape index (κ2) is 8.14. The van der Waals surface area contributed by atoms with Crippen LogP contribution in [-0.4, -0.2) is 26.2 Å². The number of benzene rings is 2. The van der Waals surface area contributed by atoms with Gasteiger partial charge in [-0.15, -0.1) is 0 Å². The van der Waals surface area contributed by atoms with E-state index in [1.54, 1.807) is 18.4 Å². The number of methoxy groups -OCH3 is 1. The average Bonchev–Trinajstić information content (AvgIpc) is 3.16. The second-order valence-corrected chi connectivity index (χ2v) is 6.36. The Balaban J connectivity index is 1.86.